The minimum absolute atomic E-state index is 0.0287. The first-order valence-corrected chi connectivity index (χ1v) is 9.40. The second-order valence-electron chi connectivity index (χ2n) is 6.04. The average molecular weight is 403 g/mol. The lowest BCUT2D eigenvalue weighted by Gasteiger charge is -2.29. The van der Waals surface area contributed by atoms with Gasteiger partial charge in [-0.1, -0.05) is 12.8 Å². The second kappa shape index (κ2) is 8.26. The zero-order chi connectivity index (χ0) is 20.2. The normalized spacial score (nSPS) is 19.9. The predicted octanol–water partition coefficient (Wildman–Crippen LogP) is 1.93. The topological polar surface area (TPSA) is 179 Å². The Morgan fingerprint density at radius 3 is 2.22 bits per heavy atom. The highest BCUT2D eigenvalue weighted by Gasteiger charge is 2.35. The van der Waals surface area contributed by atoms with Gasteiger partial charge in [0, 0.05) is 17.7 Å². The highest BCUT2D eigenvalue weighted by atomic mass is 32.2. The summed E-state index contributed by atoms with van der Waals surface area (Å²) in [7, 11) is -4.34. The summed E-state index contributed by atoms with van der Waals surface area (Å²) in [5.74, 6) is 0. The Hall–Kier alpha value is -2.80. The van der Waals surface area contributed by atoms with Gasteiger partial charge in [-0.2, -0.15) is 8.42 Å². The monoisotopic (exact) mass is 403 g/mol. The molecule has 13 heteroatoms. The molecule has 2 N–H and O–H groups in total. The fraction of sp³-hybridized carbons (Fsp3) is 0.500. The molecular weight excluding hydrogens is 386 g/mol. The lowest BCUT2D eigenvalue weighted by atomic mass is 9.95. The van der Waals surface area contributed by atoms with Crippen LogP contribution in [0.5, 0.6) is 0 Å². The Kier molecular flexibility index (Phi) is 6.28. The standard InChI is InChI=1S/C14H17N3O9S/c18-14(15-12-3-1-2-4-13(12)27(23,24)25)26-8-9-5-10(16(19)20)7-11(6-9)17(21)22/h5-7,12-13H,1-4,8H2,(H,15,18)(H,23,24,25)/t12-,13-/m0/s1. The fourth-order valence-corrected chi connectivity index (χ4v) is 3.99. The zero-order valence-electron chi connectivity index (χ0n) is 13.9. The smallest absolute Gasteiger partial charge is 0.407 e. The fourth-order valence-electron chi connectivity index (χ4n) is 2.91. The van der Waals surface area contributed by atoms with E-state index in [4.69, 9.17) is 4.74 Å². The molecule has 1 aliphatic carbocycles. The summed E-state index contributed by atoms with van der Waals surface area (Å²) in [5, 5.41) is 22.9. The van der Waals surface area contributed by atoms with Crippen LogP contribution in [-0.4, -0.2) is 40.2 Å². The Bertz CT molecular complexity index is 823. The molecule has 0 spiro atoms. The van der Waals surface area contributed by atoms with E-state index in [1.165, 1.54) is 0 Å². The summed E-state index contributed by atoms with van der Waals surface area (Å²) in [6, 6.07) is 2.01. The molecule has 12 nitrogen and oxygen atoms in total. The molecule has 2 rings (SSSR count). The lowest BCUT2D eigenvalue weighted by molar-refractivity contribution is -0.394. The molecule has 1 fully saturated rings. The van der Waals surface area contributed by atoms with Crippen LogP contribution < -0.4 is 5.32 Å². The first kappa shape index (κ1) is 20.5. The van der Waals surface area contributed by atoms with Crippen molar-refractivity contribution in [2.75, 3.05) is 0 Å². The van der Waals surface area contributed by atoms with Crippen LogP contribution in [0.2, 0.25) is 0 Å². The minimum Gasteiger partial charge on any atom is -0.445 e. The van der Waals surface area contributed by atoms with Gasteiger partial charge in [0.2, 0.25) is 0 Å². The molecule has 1 aliphatic rings. The van der Waals surface area contributed by atoms with E-state index in [1.807, 2.05) is 0 Å². The molecule has 0 heterocycles. The van der Waals surface area contributed by atoms with E-state index in [0.717, 1.165) is 18.2 Å². The number of benzene rings is 1. The Morgan fingerprint density at radius 1 is 1.15 bits per heavy atom. The number of carbonyl (C=O) groups is 1. The van der Waals surface area contributed by atoms with E-state index in [2.05, 4.69) is 5.32 Å². The highest BCUT2D eigenvalue weighted by molar-refractivity contribution is 7.86. The third-order valence-electron chi connectivity index (χ3n) is 4.14. The second-order valence-corrected chi connectivity index (χ2v) is 7.67. The molecule has 1 aromatic rings. The van der Waals surface area contributed by atoms with E-state index in [1.54, 1.807) is 0 Å². The van der Waals surface area contributed by atoms with Crippen molar-refractivity contribution in [2.45, 2.75) is 43.6 Å². The van der Waals surface area contributed by atoms with Crippen LogP contribution in [-0.2, 0) is 21.5 Å². The molecule has 0 aliphatic heterocycles. The van der Waals surface area contributed by atoms with Gasteiger partial charge in [0.1, 0.15) is 11.9 Å². The summed E-state index contributed by atoms with van der Waals surface area (Å²) in [4.78, 5) is 32.0. The van der Waals surface area contributed by atoms with Crippen molar-refractivity contribution >= 4 is 27.6 Å². The molecule has 27 heavy (non-hydrogen) atoms. The van der Waals surface area contributed by atoms with Crippen molar-refractivity contribution in [2.24, 2.45) is 0 Å². The van der Waals surface area contributed by atoms with Gasteiger partial charge in [-0.15, -0.1) is 0 Å². The van der Waals surface area contributed by atoms with Crippen molar-refractivity contribution in [1.82, 2.24) is 5.32 Å². The summed E-state index contributed by atoms with van der Waals surface area (Å²) >= 11 is 0. The molecule has 0 aromatic heterocycles. The van der Waals surface area contributed by atoms with Crippen LogP contribution in [0.3, 0.4) is 0 Å². The van der Waals surface area contributed by atoms with Gasteiger partial charge < -0.3 is 10.1 Å². The number of alkyl carbamates (subject to hydrolysis) is 1. The number of nitrogens with zero attached hydrogens (tertiary/aromatic N) is 2. The maximum absolute atomic E-state index is 11.9. The maximum atomic E-state index is 11.9. The molecule has 148 valence electrons. The number of amides is 1. The number of hydrogen-bond donors (Lipinski definition) is 2. The number of rotatable bonds is 6. The molecule has 1 amide bonds. The largest absolute Gasteiger partial charge is 0.445 e. The number of ether oxygens (including phenoxy) is 1. The molecule has 0 bridgehead atoms. The molecule has 2 atom stereocenters. The van der Waals surface area contributed by atoms with Crippen LogP contribution in [0.1, 0.15) is 31.2 Å². The summed E-state index contributed by atoms with van der Waals surface area (Å²) < 4.78 is 36.9. The number of nitrogens with one attached hydrogen (secondary N) is 1. The van der Waals surface area contributed by atoms with Crippen molar-refractivity contribution in [1.29, 1.82) is 0 Å². The number of hydrogen-bond acceptors (Lipinski definition) is 8. The molecule has 0 radical (unpaired) electrons. The van der Waals surface area contributed by atoms with Crippen LogP contribution in [0, 0.1) is 20.2 Å². The molecular formula is C14H17N3O9S. The first-order chi connectivity index (χ1) is 12.6. The van der Waals surface area contributed by atoms with E-state index in [0.29, 0.717) is 19.3 Å². The predicted molar refractivity (Wildman–Crippen MR) is 90.7 cm³/mol. The molecule has 1 aromatic carbocycles. The van der Waals surface area contributed by atoms with E-state index >= 15 is 0 Å². The van der Waals surface area contributed by atoms with Gasteiger partial charge in [0.15, 0.2) is 0 Å². The first-order valence-electron chi connectivity index (χ1n) is 7.90. The molecule has 1 saturated carbocycles. The molecule has 0 unspecified atom stereocenters. The zero-order valence-corrected chi connectivity index (χ0v) is 14.8. The lowest BCUT2D eigenvalue weighted by Crippen LogP contribution is -2.48. The van der Waals surface area contributed by atoms with Gasteiger partial charge >= 0.3 is 6.09 Å². The van der Waals surface area contributed by atoms with Crippen LogP contribution in [0.4, 0.5) is 16.2 Å². The highest BCUT2D eigenvalue weighted by Crippen LogP contribution is 2.25. The van der Waals surface area contributed by atoms with E-state index in [-0.39, 0.29) is 12.0 Å². The van der Waals surface area contributed by atoms with Crippen LogP contribution >= 0.6 is 0 Å². The quantitative estimate of drug-likeness (QED) is 0.407. The summed E-state index contributed by atoms with van der Waals surface area (Å²) in [6.07, 6.45) is 0.788. The van der Waals surface area contributed by atoms with Crippen LogP contribution in [0.15, 0.2) is 18.2 Å². The SMILES string of the molecule is O=C(N[C@H]1CCCC[C@@H]1S(=O)(=O)O)OCc1cc([N+](=O)[O-])cc([N+](=O)[O-])c1. The number of nitro groups is 2. The minimum atomic E-state index is -4.34. The van der Waals surface area contributed by atoms with Crippen LogP contribution in [0.25, 0.3) is 0 Å². The van der Waals surface area contributed by atoms with Crippen molar-refractivity contribution in [3.63, 3.8) is 0 Å². The van der Waals surface area contributed by atoms with Crippen molar-refractivity contribution < 1.29 is 32.3 Å². The Balaban J connectivity index is 2.04. The number of non-ortho nitro benzene ring substituents is 2. The van der Waals surface area contributed by atoms with Gasteiger partial charge in [-0.25, -0.2) is 4.79 Å². The third-order valence-corrected chi connectivity index (χ3v) is 5.47. The third kappa shape index (κ3) is 5.59. The van der Waals surface area contributed by atoms with Gasteiger partial charge in [-0.3, -0.25) is 24.8 Å². The average Bonchev–Trinajstić information content (AvgIpc) is 2.59. The van der Waals surface area contributed by atoms with Crippen molar-refractivity contribution in [3.05, 3.63) is 44.0 Å². The van der Waals surface area contributed by atoms with Crippen molar-refractivity contribution in [3.8, 4) is 0 Å². The number of carbonyl (C=O) groups excluding carboxylic acids is 1. The van der Waals surface area contributed by atoms with Gasteiger partial charge in [-0.05, 0) is 12.8 Å². The number of nitro benzene ring substituents is 2. The van der Waals surface area contributed by atoms with E-state index < -0.39 is 55.3 Å². The molecule has 0 saturated heterocycles. The summed E-state index contributed by atoms with van der Waals surface area (Å²) in [5.41, 5.74) is -1.02. The van der Waals surface area contributed by atoms with Gasteiger partial charge in [0.05, 0.1) is 22.0 Å². The Labute approximate surface area is 153 Å². The van der Waals surface area contributed by atoms with E-state index in [9.17, 15) is 38.0 Å². The van der Waals surface area contributed by atoms with Gasteiger partial charge in [0.25, 0.3) is 21.5 Å². The Morgan fingerprint density at radius 2 is 1.70 bits per heavy atom. The summed E-state index contributed by atoms with van der Waals surface area (Å²) in [6.45, 7) is -0.488. The maximum Gasteiger partial charge on any atom is 0.407 e.